The van der Waals surface area contributed by atoms with Gasteiger partial charge in [0.1, 0.15) is 11.5 Å². The normalized spacial score (nSPS) is 10.1. The number of nitrogens with one attached hydrogen (secondary N) is 2. The number of rotatable bonds is 3. The lowest BCUT2D eigenvalue weighted by molar-refractivity contribution is 0.317. The molecule has 1 heterocycles. The van der Waals surface area contributed by atoms with Crippen molar-refractivity contribution in [2.45, 2.75) is 13.3 Å². The summed E-state index contributed by atoms with van der Waals surface area (Å²) < 4.78 is 5.30. The number of fused-ring (bicyclic) bond motifs is 1. The smallest absolute Gasteiger partial charge is 0.138 e. The van der Waals surface area contributed by atoms with Gasteiger partial charge in [-0.05, 0) is 30.7 Å². The van der Waals surface area contributed by atoms with Gasteiger partial charge in [-0.25, -0.2) is 0 Å². The molecule has 0 unspecified atom stereocenters. The molecule has 2 aromatic carbocycles. The van der Waals surface area contributed by atoms with Crippen molar-refractivity contribution in [1.29, 1.82) is 0 Å². The van der Waals surface area contributed by atoms with Gasteiger partial charge in [-0.15, -0.1) is 0 Å². The van der Waals surface area contributed by atoms with Crippen LogP contribution in [-0.2, 0) is 0 Å². The summed E-state index contributed by atoms with van der Waals surface area (Å²) >= 11 is 0. The molecule has 1 aromatic heterocycles. The van der Waals surface area contributed by atoms with Gasteiger partial charge in [0.2, 0.25) is 0 Å². The Morgan fingerprint density at radius 1 is 1.10 bits per heavy atom. The molecule has 3 rings (SSSR count). The van der Waals surface area contributed by atoms with Crippen molar-refractivity contribution in [2.75, 3.05) is 12.3 Å². The van der Waals surface area contributed by atoms with Gasteiger partial charge in [0, 0.05) is 6.07 Å². The standard InChI is InChI=1S/C9H13NO2.C6H6N2/c1-2-5-12-7-3-4-9(11)8(10)6-7;1-2-4-6-5(3-1)7-8-6/h3-4,6,11H,2,5,10H2,1H3;1-4,7-8H. The van der Waals surface area contributed by atoms with Crippen LogP contribution in [-0.4, -0.2) is 21.9 Å². The van der Waals surface area contributed by atoms with Gasteiger partial charge in [-0.1, -0.05) is 19.1 Å². The minimum Gasteiger partial charge on any atom is -0.506 e. The first-order chi connectivity index (χ1) is 9.70. The van der Waals surface area contributed by atoms with E-state index in [-0.39, 0.29) is 5.75 Å². The molecule has 0 spiro atoms. The van der Waals surface area contributed by atoms with Gasteiger partial charge in [-0.3, -0.25) is 10.2 Å². The summed E-state index contributed by atoms with van der Waals surface area (Å²) in [6.07, 6.45) is 0.959. The first kappa shape index (κ1) is 13.9. The van der Waals surface area contributed by atoms with Crippen molar-refractivity contribution >= 4 is 16.7 Å². The molecule has 0 aliphatic heterocycles. The number of anilines is 1. The minimum atomic E-state index is 0.0962. The van der Waals surface area contributed by atoms with Crippen LogP contribution in [0.15, 0.2) is 42.5 Å². The summed E-state index contributed by atoms with van der Waals surface area (Å²) in [6, 6.07) is 12.9. The van der Waals surface area contributed by atoms with E-state index in [0.717, 1.165) is 6.42 Å². The third-order valence-electron chi connectivity index (χ3n) is 2.73. The van der Waals surface area contributed by atoms with Gasteiger partial charge in [0.15, 0.2) is 0 Å². The van der Waals surface area contributed by atoms with E-state index in [9.17, 15) is 0 Å². The molecule has 0 bridgehead atoms. The van der Waals surface area contributed by atoms with E-state index in [1.54, 1.807) is 12.1 Å². The van der Waals surface area contributed by atoms with Crippen LogP contribution in [0.25, 0.3) is 11.0 Å². The highest BCUT2D eigenvalue weighted by molar-refractivity contribution is 5.75. The summed E-state index contributed by atoms with van der Waals surface area (Å²) in [6.45, 7) is 2.70. The van der Waals surface area contributed by atoms with Crippen molar-refractivity contribution in [1.82, 2.24) is 10.2 Å². The maximum absolute atomic E-state index is 9.09. The number of aromatic amines is 2. The zero-order valence-corrected chi connectivity index (χ0v) is 11.4. The van der Waals surface area contributed by atoms with Crippen LogP contribution in [0.3, 0.4) is 0 Å². The quantitative estimate of drug-likeness (QED) is 0.436. The molecule has 0 aliphatic rings. The average Bonchev–Trinajstić information content (AvgIpc) is 2.42. The molecule has 0 atom stereocenters. The van der Waals surface area contributed by atoms with Gasteiger partial charge in [0.05, 0.1) is 23.3 Å². The molecule has 0 radical (unpaired) electrons. The van der Waals surface area contributed by atoms with Crippen LogP contribution in [0.5, 0.6) is 11.5 Å². The van der Waals surface area contributed by atoms with E-state index in [4.69, 9.17) is 15.6 Å². The molecule has 0 fully saturated rings. The van der Waals surface area contributed by atoms with Crippen molar-refractivity contribution in [3.63, 3.8) is 0 Å². The second-order valence-electron chi connectivity index (χ2n) is 4.36. The van der Waals surface area contributed by atoms with Gasteiger partial charge in [0.25, 0.3) is 0 Å². The number of aromatic nitrogens is 2. The highest BCUT2D eigenvalue weighted by Crippen LogP contribution is 2.24. The molecular weight excluding hydrogens is 254 g/mol. The molecule has 106 valence electrons. The Bertz CT molecular complexity index is 628. The third-order valence-corrected chi connectivity index (χ3v) is 2.73. The van der Waals surface area contributed by atoms with Crippen molar-refractivity contribution < 1.29 is 9.84 Å². The Morgan fingerprint density at radius 2 is 1.75 bits per heavy atom. The maximum atomic E-state index is 9.09. The molecule has 0 amide bonds. The molecule has 5 N–H and O–H groups in total. The van der Waals surface area contributed by atoms with Crippen LogP contribution >= 0.6 is 0 Å². The summed E-state index contributed by atoms with van der Waals surface area (Å²) in [5, 5.41) is 15.0. The highest BCUT2D eigenvalue weighted by Gasteiger charge is 1.98. The predicted molar refractivity (Wildman–Crippen MR) is 81.0 cm³/mol. The van der Waals surface area contributed by atoms with Crippen LogP contribution in [0.2, 0.25) is 0 Å². The largest absolute Gasteiger partial charge is 0.506 e. The topological polar surface area (TPSA) is 87.1 Å². The molecule has 0 saturated carbocycles. The van der Waals surface area contributed by atoms with E-state index in [0.29, 0.717) is 18.0 Å². The fraction of sp³-hybridized carbons (Fsp3) is 0.200. The summed E-state index contributed by atoms with van der Waals surface area (Å²) in [5.41, 5.74) is 8.19. The lowest BCUT2D eigenvalue weighted by Gasteiger charge is -2.05. The SMILES string of the molecule is CCCOc1ccc(O)c(N)c1.c1ccc2[nH][nH]c2c1. The summed E-state index contributed by atoms with van der Waals surface area (Å²) in [5.74, 6) is 0.797. The number of phenolic OH excluding ortho intramolecular Hbond substituents is 1. The van der Waals surface area contributed by atoms with Crippen LogP contribution in [0.1, 0.15) is 13.3 Å². The molecular formula is C15H19N3O2. The Labute approximate surface area is 117 Å². The fourth-order valence-electron chi connectivity index (χ4n) is 1.62. The number of hydrogen-bond acceptors (Lipinski definition) is 3. The second kappa shape index (κ2) is 6.56. The number of aromatic hydroxyl groups is 1. The predicted octanol–water partition coefficient (Wildman–Crippen LogP) is 3.26. The van der Waals surface area contributed by atoms with Gasteiger partial charge in [-0.2, -0.15) is 0 Å². The molecule has 20 heavy (non-hydrogen) atoms. The van der Waals surface area contributed by atoms with Gasteiger partial charge < -0.3 is 15.6 Å². The Kier molecular flexibility index (Phi) is 4.55. The Balaban J connectivity index is 0.000000157. The lowest BCUT2D eigenvalue weighted by atomic mass is 10.3. The van der Waals surface area contributed by atoms with Crippen LogP contribution in [0.4, 0.5) is 5.69 Å². The van der Waals surface area contributed by atoms with Crippen LogP contribution in [0, 0.1) is 0 Å². The molecule has 5 heteroatoms. The number of nitrogen functional groups attached to an aromatic ring is 1. The van der Waals surface area contributed by atoms with Crippen molar-refractivity contribution in [3.05, 3.63) is 42.5 Å². The van der Waals surface area contributed by atoms with Crippen LogP contribution < -0.4 is 10.5 Å². The number of ether oxygens (including phenoxy) is 1. The Hall–Kier alpha value is -2.56. The zero-order valence-electron chi connectivity index (χ0n) is 11.4. The van der Waals surface area contributed by atoms with E-state index in [2.05, 4.69) is 10.2 Å². The van der Waals surface area contributed by atoms with E-state index in [1.165, 1.54) is 17.1 Å². The second-order valence-corrected chi connectivity index (χ2v) is 4.36. The number of phenols is 1. The molecule has 0 saturated heterocycles. The number of H-pyrrole nitrogens is 2. The molecule has 5 nitrogen and oxygen atoms in total. The number of hydrogen-bond donors (Lipinski definition) is 4. The summed E-state index contributed by atoms with van der Waals surface area (Å²) in [4.78, 5) is 0. The lowest BCUT2D eigenvalue weighted by Crippen LogP contribution is -1.95. The average molecular weight is 273 g/mol. The number of para-hydroxylation sites is 2. The van der Waals surface area contributed by atoms with E-state index in [1.807, 2.05) is 31.2 Å². The molecule has 3 aromatic rings. The zero-order chi connectivity index (χ0) is 14.4. The van der Waals surface area contributed by atoms with Crippen molar-refractivity contribution in [2.24, 2.45) is 0 Å². The maximum Gasteiger partial charge on any atom is 0.138 e. The van der Waals surface area contributed by atoms with Gasteiger partial charge >= 0.3 is 0 Å². The Morgan fingerprint density at radius 3 is 2.20 bits per heavy atom. The highest BCUT2D eigenvalue weighted by atomic mass is 16.5. The summed E-state index contributed by atoms with van der Waals surface area (Å²) in [7, 11) is 0. The number of nitrogens with two attached hydrogens (primary N) is 1. The monoisotopic (exact) mass is 273 g/mol. The minimum absolute atomic E-state index is 0.0962. The van der Waals surface area contributed by atoms with E-state index >= 15 is 0 Å². The molecule has 0 aliphatic carbocycles. The number of benzene rings is 2. The third kappa shape index (κ3) is 3.47. The first-order valence-corrected chi connectivity index (χ1v) is 6.53. The van der Waals surface area contributed by atoms with E-state index < -0.39 is 0 Å². The van der Waals surface area contributed by atoms with Crippen molar-refractivity contribution in [3.8, 4) is 11.5 Å². The fourth-order valence-corrected chi connectivity index (χ4v) is 1.62. The first-order valence-electron chi connectivity index (χ1n) is 6.53.